The van der Waals surface area contributed by atoms with Gasteiger partial charge in [-0.25, -0.2) is 0 Å². The third-order valence-electron chi connectivity index (χ3n) is 8.85. The van der Waals surface area contributed by atoms with Gasteiger partial charge in [0.25, 0.3) is 0 Å². The summed E-state index contributed by atoms with van der Waals surface area (Å²) in [5.41, 5.74) is 8.93. The first-order valence-electron chi connectivity index (χ1n) is 14.0. The van der Waals surface area contributed by atoms with Crippen LogP contribution in [0.2, 0.25) is 13.1 Å². The topological polar surface area (TPSA) is 0 Å². The van der Waals surface area contributed by atoms with E-state index in [1.54, 1.807) is 11.1 Å². The van der Waals surface area contributed by atoms with Crippen LogP contribution in [0.15, 0.2) is 77.9 Å². The zero-order valence-corrected chi connectivity index (χ0v) is 25.5. The first-order chi connectivity index (χ1) is 17.8. The Morgan fingerprint density at radius 3 is 1.63 bits per heavy atom. The Balaban J connectivity index is 1.45. The van der Waals surface area contributed by atoms with E-state index in [1.165, 1.54) is 63.7 Å². The average Bonchev–Trinajstić information content (AvgIpc) is 3.37. The Morgan fingerprint density at radius 2 is 1.08 bits per heavy atom. The molecule has 1 aromatic carbocycles. The predicted octanol–water partition coefficient (Wildman–Crippen LogP) is 9.35. The van der Waals surface area contributed by atoms with Crippen molar-refractivity contribution in [1.29, 1.82) is 0 Å². The van der Waals surface area contributed by atoms with Crippen LogP contribution < -0.4 is 0 Å². The van der Waals surface area contributed by atoms with Crippen LogP contribution in [0, 0.1) is 69.8 Å². The molecule has 0 nitrogen and oxygen atoms in total. The van der Waals surface area contributed by atoms with E-state index in [2.05, 4.69) is 141 Å². The Labute approximate surface area is 234 Å². The van der Waals surface area contributed by atoms with Gasteiger partial charge in [0, 0.05) is 35.5 Å². The van der Waals surface area contributed by atoms with Crippen LogP contribution in [0.5, 0.6) is 0 Å². The predicted molar refractivity (Wildman–Crippen MR) is 165 cm³/mol. The molecule has 0 unspecified atom stereocenters. The fraction of sp³-hybridized carbons (Fsp3) is 0.297. The molecule has 0 amide bonds. The van der Waals surface area contributed by atoms with Gasteiger partial charge in [0.1, 0.15) is 0 Å². The van der Waals surface area contributed by atoms with Gasteiger partial charge in [-0.1, -0.05) is 134 Å². The summed E-state index contributed by atoms with van der Waals surface area (Å²) >= 11 is 0. The molecule has 1 aromatic rings. The Morgan fingerprint density at radius 1 is 0.553 bits per heavy atom. The minimum atomic E-state index is -2.14. The van der Waals surface area contributed by atoms with Crippen LogP contribution in [0.3, 0.4) is 0 Å². The van der Waals surface area contributed by atoms with E-state index in [1.807, 2.05) is 0 Å². The van der Waals surface area contributed by atoms with Crippen molar-refractivity contribution in [1.82, 2.24) is 0 Å². The standard InChI is InChI=1S/C37H40Si/c1-23-20-31-27-13-11-10-12-24(27)14-17-30(31)34(23)38(8,9)35-32-21-25(36(2,3)4)15-18-28(32)29-19-16-26(22-33(29)35)37(5,6)7/h10-22H,1-9H3. The number of fused-ring (bicyclic) bond motifs is 6. The molecule has 2 fully saturated rings. The first-order valence-corrected chi connectivity index (χ1v) is 17.0. The molecule has 0 N–H and O–H groups in total. The molecular formula is C37H40Si. The largest absolute Gasteiger partial charge is 0.0755 e. The van der Waals surface area contributed by atoms with Gasteiger partial charge in [-0.3, -0.25) is 0 Å². The Bertz CT molecular complexity index is 1200. The number of hydrogen-bond donors (Lipinski definition) is 0. The monoisotopic (exact) mass is 512 g/mol. The second-order valence-corrected chi connectivity index (χ2v) is 18.2. The zero-order valence-electron chi connectivity index (χ0n) is 24.5. The maximum absolute atomic E-state index is 2.59. The number of benzene rings is 1. The summed E-state index contributed by atoms with van der Waals surface area (Å²) in [4.78, 5) is 0. The molecular weight excluding hydrogens is 472 g/mol. The molecule has 6 rings (SSSR count). The Hall–Kier alpha value is -1.86. The molecule has 5 aliphatic rings. The van der Waals surface area contributed by atoms with Gasteiger partial charge in [0.05, 0.1) is 8.07 Å². The molecule has 10 radical (unpaired) electrons. The highest BCUT2D eigenvalue weighted by Gasteiger charge is 2.62. The van der Waals surface area contributed by atoms with Crippen LogP contribution in [0.1, 0.15) is 59.6 Å². The summed E-state index contributed by atoms with van der Waals surface area (Å²) < 4.78 is 0. The SMILES string of the molecule is C[C]1[CH][C]2[C](C=Cc3ccccc32)[C]1[Si](C)(C)[C]1[C]2C=C(C(C)(C)C)C=C[C]2[C]2C=CC(C(C)(C)C)=C[C]21. The third kappa shape index (κ3) is 4.06. The fourth-order valence-corrected chi connectivity index (χ4v) is 10.8. The maximum atomic E-state index is 2.59. The summed E-state index contributed by atoms with van der Waals surface area (Å²) in [7, 11) is -2.14. The lowest BCUT2D eigenvalue weighted by Crippen LogP contribution is -2.48. The molecule has 0 atom stereocenters. The Kier molecular flexibility index (Phi) is 6.12. The summed E-state index contributed by atoms with van der Waals surface area (Å²) in [6.45, 7) is 21.5. The van der Waals surface area contributed by atoms with Crippen molar-refractivity contribution >= 4 is 14.1 Å². The lowest BCUT2D eigenvalue weighted by molar-refractivity contribution is 0.514. The highest BCUT2D eigenvalue weighted by atomic mass is 28.3. The molecule has 0 aliphatic heterocycles. The van der Waals surface area contributed by atoms with Crippen molar-refractivity contribution in [2.45, 2.75) is 61.6 Å². The van der Waals surface area contributed by atoms with E-state index < -0.39 is 8.07 Å². The van der Waals surface area contributed by atoms with Gasteiger partial charge >= 0.3 is 0 Å². The zero-order chi connectivity index (χ0) is 27.2. The van der Waals surface area contributed by atoms with Gasteiger partial charge in [-0.05, 0) is 56.5 Å². The van der Waals surface area contributed by atoms with E-state index in [-0.39, 0.29) is 10.8 Å². The first kappa shape index (κ1) is 26.4. The van der Waals surface area contributed by atoms with E-state index in [9.17, 15) is 0 Å². The molecule has 192 valence electrons. The fourth-order valence-electron chi connectivity index (χ4n) is 6.85. The lowest BCUT2D eigenvalue weighted by Gasteiger charge is -2.45. The van der Waals surface area contributed by atoms with Crippen LogP contribution in [0.25, 0.3) is 6.08 Å². The van der Waals surface area contributed by atoms with Crippen LogP contribution in [-0.4, -0.2) is 8.07 Å². The molecule has 0 spiro atoms. The second-order valence-electron chi connectivity index (χ2n) is 14.0. The lowest BCUT2D eigenvalue weighted by atomic mass is 9.74. The highest BCUT2D eigenvalue weighted by Crippen LogP contribution is 2.67. The molecule has 0 aromatic heterocycles. The normalized spacial score (nSPS) is 25.0. The van der Waals surface area contributed by atoms with Crippen LogP contribution in [0.4, 0.5) is 0 Å². The van der Waals surface area contributed by atoms with Gasteiger partial charge in [-0.15, -0.1) is 0 Å². The van der Waals surface area contributed by atoms with Gasteiger partial charge in [0.2, 0.25) is 0 Å². The quantitative estimate of drug-likeness (QED) is 0.346. The van der Waals surface area contributed by atoms with Crippen LogP contribution in [-0.2, 0) is 0 Å². The summed E-state index contributed by atoms with van der Waals surface area (Å²) in [5.74, 6) is 10.0. The number of rotatable bonds is 2. The molecule has 0 saturated heterocycles. The van der Waals surface area contributed by atoms with E-state index in [0.717, 1.165) is 0 Å². The van der Waals surface area contributed by atoms with E-state index in [0.29, 0.717) is 0 Å². The van der Waals surface area contributed by atoms with Crippen molar-refractivity contribution < 1.29 is 0 Å². The molecule has 2 saturated carbocycles. The van der Waals surface area contributed by atoms with E-state index in [4.69, 9.17) is 0 Å². The summed E-state index contributed by atoms with van der Waals surface area (Å²) in [6.07, 6.45) is 21.7. The number of hydrogen-bond acceptors (Lipinski definition) is 0. The van der Waals surface area contributed by atoms with Crippen molar-refractivity contribution in [3.63, 3.8) is 0 Å². The minimum Gasteiger partial charge on any atom is -0.0755 e. The highest BCUT2D eigenvalue weighted by molar-refractivity contribution is 6.90. The van der Waals surface area contributed by atoms with E-state index >= 15 is 0 Å². The summed E-state index contributed by atoms with van der Waals surface area (Å²) in [6, 6.07) is 8.84. The number of allylic oxidation sites excluding steroid dienone is 9. The average molecular weight is 513 g/mol. The molecule has 0 heterocycles. The van der Waals surface area contributed by atoms with Crippen LogP contribution >= 0.6 is 0 Å². The molecule has 38 heavy (non-hydrogen) atoms. The molecule has 0 bridgehead atoms. The van der Waals surface area contributed by atoms with Gasteiger partial charge in [0.15, 0.2) is 0 Å². The second kappa shape index (κ2) is 8.82. The van der Waals surface area contributed by atoms with Crippen molar-refractivity contribution in [3.8, 4) is 0 Å². The summed E-state index contributed by atoms with van der Waals surface area (Å²) in [5, 5.41) is 0. The maximum Gasteiger partial charge on any atom is 0.0647 e. The molecule has 1 heteroatoms. The minimum absolute atomic E-state index is 0.110. The smallest absolute Gasteiger partial charge is 0.0647 e. The van der Waals surface area contributed by atoms with Gasteiger partial charge in [-0.2, -0.15) is 0 Å². The van der Waals surface area contributed by atoms with Crippen molar-refractivity contribution in [3.05, 3.63) is 148 Å². The molecule has 5 aliphatic carbocycles. The van der Waals surface area contributed by atoms with Crippen molar-refractivity contribution in [2.75, 3.05) is 0 Å². The third-order valence-corrected chi connectivity index (χ3v) is 12.5. The van der Waals surface area contributed by atoms with Crippen molar-refractivity contribution in [2.24, 2.45) is 10.8 Å². The van der Waals surface area contributed by atoms with Gasteiger partial charge < -0.3 is 0 Å².